The molecule has 0 bridgehead atoms. The van der Waals surface area contributed by atoms with Crippen molar-refractivity contribution in [3.05, 3.63) is 83.9 Å². The van der Waals surface area contributed by atoms with Crippen LogP contribution in [0.5, 0.6) is 5.75 Å². The highest BCUT2D eigenvalue weighted by Crippen LogP contribution is 2.24. The molecule has 3 aromatic rings. The van der Waals surface area contributed by atoms with Crippen LogP contribution in [0, 0.1) is 6.92 Å². The van der Waals surface area contributed by atoms with Crippen molar-refractivity contribution >= 4 is 11.6 Å². The molecule has 0 aliphatic rings. The van der Waals surface area contributed by atoms with E-state index >= 15 is 0 Å². The molecule has 0 fully saturated rings. The van der Waals surface area contributed by atoms with Crippen LogP contribution in [0.1, 0.15) is 30.9 Å². The highest BCUT2D eigenvalue weighted by atomic mass is 16.5. The Balaban J connectivity index is 1.56. The molecule has 3 nitrogen and oxygen atoms in total. The monoisotopic (exact) mass is 359 g/mol. The summed E-state index contributed by atoms with van der Waals surface area (Å²) in [6.07, 6.45) is 0. The molecule has 0 spiro atoms. The maximum atomic E-state index is 12.2. The third-order valence-electron chi connectivity index (χ3n) is 4.51. The number of carbonyl (C=O) groups excluding carboxylic acids is 1. The van der Waals surface area contributed by atoms with Gasteiger partial charge in [0.15, 0.2) is 6.61 Å². The molecule has 27 heavy (non-hydrogen) atoms. The van der Waals surface area contributed by atoms with Crippen molar-refractivity contribution in [3.8, 4) is 16.9 Å². The van der Waals surface area contributed by atoms with Crippen molar-refractivity contribution in [2.24, 2.45) is 0 Å². The van der Waals surface area contributed by atoms with Gasteiger partial charge in [0.25, 0.3) is 5.91 Å². The minimum Gasteiger partial charge on any atom is -0.484 e. The van der Waals surface area contributed by atoms with Gasteiger partial charge < -0.3 is 10.1 Å². The Bertz CT molecular complexity index is 899. The fourth-order valence-electron chi connectivity index (χ4n) is 3.11. The van der Waals surface area contributed by atoms with Gasteiger partial charge in [-0.05, 0) is 59.4 Å². The summed E-state index contributed by atoms with van der Waals surface area (Å²) in [5.41, 5.74) is 5.50. The molecular weight excluding hydrogens is 334 g/mol. The Hall–Kier alpha value is -3.07. The van der Waals surface area contributed by atoms with Gasteiger partial charge >= 0.3 is 0 Å². The smallest absolute Gasteiger partial charge is 0.262 e. The summed E-state index contributed by atoms with van der Waals surface area (Å²) in [5.74, 6) is 1.01. The Morgan fingerprint density at radius 1 is 0.926 bits per heavy atom. The molecule has 0 radical (unpaired) electrons. The van der Waals surface area contributed by atoms with E-state index in [-0.39, 0.29) is 12.5 Å². The van der Waals surface area contributed by atoms with Crippen LogP contribution in [-0.2, 0) is 4.79 Å². The zero-order valence-corrected chi connectivity index (χ0v) is 16.0. The molecule has 0 atom stereocenters. The first kappa shape index (κ1) is 18.7. The topological polar surface area (TPSA) is 38.3 Å². The average molecular weight is 359 g/mol. The molecule has 0 saturated heterocycles. The van der Waals surface area contributed by atoms with Crippen LogP contribution in [-0.4, -0.2) is 12.5 Å². The third kappa shape index (κ3) is 4.98. The minimum absolute atomic E-state index is 0.0130. The lowest BCUT2D eigenvalue weighted by Crippen LogP contribution is -2.20. The Kier molecular flexibility index (Phi) is 5.92. The third-order valence-corrected chi connectivity index (χ3v) is 4.51. The molecular formula is C24H25NO2. The van der Waals surface area contributed by atoms with Crippen LogP contribution in [0.2, 0.25) is 0 Å². The normalized spacial score (nSPS) is 10.7. The van der Waals surface area contributed by atoms with Crippen molar-refractivity contribution < 1.29 is 9.53 Å². The molecule has 0 aliphatic carbocycles. The number of nitrogens with one attached hydrogen (secondary N) is 1. The molecule has 3 rings (SSSR count). The van der Waals surface area contributed by atoms with E-state index in [0.29, 0.717) is 11.7 Å². The molecule has 1 N–H and O–H groups in total. The van der Waals surface area contributed by atoms with Crippen LogP contribution in [0.15, 0.2) is 72.8 Å². The number of ether oxygens (including phenoxy) is 1. The van der Waals surface area contributed by atoms with Crippen LogP contribution in [0.3, 0.4) is 0 Å². The fourth-order valence-corrected chi connectivity index (χ4v) is 3.11. The van der Waals surface area contributed by atoms with E-state index in [1.807, 2.05) is 54.6 Å². The minimum atomic E-state index is -0.173. The van der Waals surface area contributed by atoms with E-state index in [1.54, 1.807) is 0 Å². The number of hydrogen-bond acceptors (Lipinski definition) is 2. The van der Waals surface area contributed by atoms with Crippen molar-refractivity contribution in [3.63, 3.8) is 0 Å². The van der Waals surface area contributed by atoms with Gasteiger partial charge in [-0.2, -0.15) is 0 Å². The lowest BCUT2D eigenvalue weighted by Gasteiger charge is -2.12. The summed E-state index contributed by atoms with van der Waals surface area (Å²) >= 11 is 0. The predicted octanol–water partition coefficient (Wildman–Crippen LogP) is 5.80. The van der Waals surface area contributed by atoms with Gasteiger partial charge in [0.2, 0.25) is 0 Å². The second kappa shape index (κ2) is 8.54. The molecule has 3 aromatic carbocycles. The first-order valence-corrected chi connectivity index (χ1v) is 9.21. The molecule has 0 aliphatic heterocycles. The van der Waals surface area contributed by atoms with Crippen LogP contribution in [0.4, 0.5) is 5.69 Å². The zero-order valence-electron chi connectivity index (χ0n) is 16.0. The second-order valence-electron chi connectivity index (χ2n) is 6.95. The van der Waals surface area contributed by atoms with E-state index in [0.717, 1.165) is 16.8 Å². The maximum absolute atomic E-state index is 12.2. The second-order valence-corrected chi connectivity index (χ2v) is 6.95. The van der Waals surface area contributed by atoms with Crippen molar-refractivity contribution in [2.45, 2.75) is 26.7 Å². The van der Waals surface area contributed by atoms with Gasteiger partial charge in [-0.15, -0.1) is 0 Å². The summed E-state index contributed by atoms with van der Waals surface area (Å²) in [6.45, 7) is 6.39. The first-order valence-electron chi connectivity index (χ1n) is 9.21. The SMILES string of the molecule is Cc1cc(OCC(=O)Nc2ccc(-c3ccccc3)cc2)ccc1C(C)C. The van der Waals surface area contributed by atoms with E-state index < -0.39 is 0 Å². The van der Waals surface area contributed by atoms with E-state index in [9.17, 15) is 4.79 Å². The first-order chi connectivity index (χ1) is 13.0. The van der Waals surface area contributed by atoms with Gasteiger partial charge in [0.1, 0.15) is 5.75 Å². The molecule has 0 heterocycles. The number of amides is 1. The fraction of sp³-hybridized carbons (Fsp3) is 0.208. The summed E-state index contributed by atoms with van der Waals surface area (Å²) in [6, 6.07) is 23.9. The summed E-state index contributed by atoms with van der Waals surface area (Å²) in [4.78, 5) is 12.2. The lowest BCUT2D eigenvalue weighted by atomic mass is 9.98. The number of aryl methyl sites for hydroxylation is 1. The standard InChI is InChI=1S/C24H25NO2/c1-17(2)23-14-13-22(15-18(23)3)27-16-24(26)25-21-11-9-20(10-12-21)19-7-5-4-6-8-19/h4-15,17H,16H2,1-3H3,(H,25,26). The highest BCUT2D eigenvalue weighted by molar-refractivity contribution is 5.92. The van der Waals surface area contributed by atoms with Gasteiger partial charge in [0.05, 0.1) is 0 Å². The quantitative estimate of drug-likeness (QED) is 0.604. The van der Waals surface area contributed by atoms with Crippen LogP contribution < -0.4 is 10.1 Å². The average Bonchev–Trinajstić information content (AvgIpc) is 2.67. The Labute approximate surface area is 161 Å². The van der Waals surface area contributed by atoms with E-state index in [4.69, 9.17) is 4.74 Å². The Morgan fingerprint density at radius 2 is 1.59 bits per heavy atom. The number of anilines is 1. The number of rotatable bonds is 6. The van der Waals surface area contributed by atoms with Gasteiger partial charge in [-0.25, -0.2) is 0 Å². The van der Waals surface area contributed by atoms with Crippen LogP contribution >= 0.6 is 0 Å². The van der Waals surface area contributed by atoms with Crippen molar-refractivity contribution in [1.82, 2.24) is 0 Å². The molecule has 1 amide bonds. The van der Waals surface area contributed by atoms with Crippen LogP contribution in [0.25, 0.3) is 11.1 Å². The van der Waals surface area contributed by atoms with Gasteiger partial charge in [0, 0.05) is 5.69 Å². The van der Waals surface area contributed by atoms with Gasteiger partial charge in [-0.3, -0.25) is 4.79 Å². The molecule has 3 heteroatoms. The van der Waals surface area contributed by atoms with Gasteiger partial charge in [-0.1, -0.05) is 62.4 Å². The van der Waals surface area contributed by atoms with E-state index in [1.165, 1.54) is 11.1 Å². The Morgan fingerprint density at radius 3 is 2.22 bits per heavy atom. The van der Waals surface area contributed by atoms with Crippen molar-refractivity contribution in [1.29, 1.82) is 0 Å². The largest absolute Gasteiger partial charge is 0.484 e. The predicted molar refractivity (Wildman–Crippen MR) is 111 cm³/mol. The number of hydrogen-bond donors (Lipinski definition) is 1. The summed E-state index contributed by atoms with van der Waals surface area (Å²) in [5, 5.41) is 2.87. The summed E-state index contributed by atoms with van der Waals surface area (Å²) < 4.78 is 5.64. The van der Waals surface area contributed by atoms with E-state index in [2.05, 4.69) is 44.3 Å². The highest BCUT2D eigenvalue weighted by Gasteiger charge is 2.07. The lowest BCUT2D eigenvalue weighted by molar-refractivity contribution is -0.118. The zero-order chi connectivity index (χ0) is 19.2. The summed E-state index contributed by atoms with van der Waals surface area (Å²) in [7, 11) is 0. The molecule has 0 aromatic heterocycles. The molecule has 0 saturated carbocycles. The maximum Gasteiger partial charge on any atom is 0.262 e. The molecule has 138 valence electrons. The number of carbonyl (C=O) groups is 1. The van der Waals surface area contributed by atoms with Crippen molar-refractivity contribution in [2.75, 3.05) is 11.9 Å². The molecule has 0 unspecified atom stereocenters. The number of benzene rings is 3.